The summed E-state index contributed by atoms with van der Waals surface area (Å²) in [5, 5.41) is 7.80. The molecule has 0 unspecified atom stereocenters. The fourth-order valence-electron chi connectivity index (χ4n) is 1.46. The normalized spacial score (nSPS) is 12.2. The summed E-state index contributed by atoms with van der Waals surface area (Å²) in [7, 11) is -3.78. The van der Waals surface area contributed by atoms with E-state index in [-0.39, 0.29) is 15.5 Å². The number of carbonyl (C=O) groups excluding carboxylic acids is 1. The number of thioether (sulfide) groups is 1. The summed E-state index contributed by atoms with van der Waals surface area (Å²) in [5.74, 6) is 0.136. The van der Waals surface area contributed by atoms with Gasteiger partial charge in [-0.15, -0.1) is 11.8 Å². The SMILES string of the molecule is Cc1ccc(NC(=O)CSC(C)(C)C)cc1S(N)(=O)=O. The maximum Gasteiger partial charge on any atom is 0.238 e. The zero-order valence-electron chi connectivity index (χ0n) is 12.1. The highest BCUT2D eigenvalue weighted by Crippen LogP contribution is 2.23. The van der Waals surface area contributed by atoms with Gasteiger partial charge in [0.1, 0.15) is 0 Å². The Morgan fingerprint density at radius 2 is 1.95 bits per heavy atom. The molecule has 1 rings (SSSR count). The lowest BCUT2D eigenvalue weighted by molar-refractivity contribution is -0.113. The smallest absolute Gasteiger partial charge is 0.238 e. The molecule has 0 saturated carbocycles. The number of amides is 1. The van der Waals surface area contributed by atoms with Gasteiger partial charge in [0.15, 0.2) is 0 Å². The van der Waals surface area contributed by atoms with Crippen molar-refractivity contribution < 1.29 is 13.2 Å². The fourth-order valence-corrected chi connectivity index (χ4v) is 2.91. The van der Waals surface area contributed by atoms with E-state index in [2.05, 4.69) is 5.32 Å². The summed E-state index contributed by atoms with van der Waals surface area (Å²) < 4.78 is 22.8. The predicted octanol–water partition coefficient (Wildman–Crippen LogP) is 2.11. The standard InChI is InChI=1S/C13H20N2O3S2/c1-9-5-6-10(7-11(9)20(14,17)18)15-12(16)8-19-13(2,3)4/h5-7H,8H2,1-4H3,(H,15,16)(H2,14,17,18). The van der Waals surface area contributed by atoms with Crippen LogP contribution < -0.4 is 10.5 Å². The summed E-state index contributed by atoms with van der Waals surface area (Å²) >= 11 is 1.52. The second kappa shape index (κ2) is 6.15. The van der Waals surface area contributed by atoms with Gasteiger partial charge in [0.05, 0.1) is 10.6 Å². The Labute approximate surface area is 124 Å². The second-order valence-corrected chi connectivity index (χ2v) is 8.81. The van der Waals surface area contributed by atoms with Gasteiger partial charge >= 0.3 is 0 Å². The summed E-state index contributed by atoms with van der Waals surface area (Å²) in [5.41, 5.74) is 0.980. The number of rotatable bonds is 4. The number of anilines is 1. The van der Waals surface area contributed by atoms with Crippen molar-refractivity contribution in [3.05, 3.63) is 23.8 Å². The molecule has 1 aromatic carbocycles. The zero-order valence-corrected chi connectivity index (χ0v) is 13.7. The van der Waals surface area contributed by atoms with Crippen LogP contribution in [0, 0.1) is 6.92 Å². The minimum Gasteiger partial charge on any atom is -0.325 e. The highest BCUT2D eigenvalue weighted by Gasteiger charge is 2.15. The van der Waals surface area contributed by atoms with E-state index in [1.807, 2.05) is 20.8 Å². The van der Waals surface area contributed by atoms with Gasteiger partial charge in [-0.1, -0.05) is 26.8 Å². The Morgan fingerprint density at radius 3 is 2.45 bits per heavy atom. The van der Waals surface area contributed by atoms with Crippen molar-refractivity contribution in [3.8, 4) is 0 Å². The molecule has 0 aliphatic rings. The molecule has 7 heteroatoms. The molecule has 0 aromatic heterocycles. The molecule has 112 valence electrons. The molecule has 0 atom stereocenters. The lowest BCUT2D eigenvalue weighted by Gasteiger charge is -2.17. The van der Waals surface area contributed by atoms with Crippen molar-refractivity contribution in [2.45, 2.75) is 37.3 Å². The Hall–Kier alpha value is -1.05. The first-order valence-corrected chi connectivity index (χ1v) is 8.59. The molecule has 1 amide bonds. The van der Waals surface area contributed by atoms with Gasteiger partial charge in [0.2, 0.25) is 15.9 Å². The maximum atomic E-state index is 11.8. The molecular formula is C13H20N2O3S2. The number of nitrogens with two attached hydrogens (primary N) is 1. The van der Waals surface area contributed by atoms with Crippen LogP contribution in [0.1, 0.15) is 26.3 Å². The monoisotopic (exact) mass is 316 g/mol. The number of carbonyl (C=O) groups is 1. The molecule has 0 saturated heterocycles. The second-order valence-electron chi connectivity index (χ2n) is 5.47. The molecule has 20 heavy (non-hydrogen) atoms. The number of aryl methyl sites for hydroxylation is 1. The topological polar surface area (TPSA) is 89.3 Å². The van der Waals surface area contributed by atoms with Crippen LogP contribution in [-0.4, -0.2) is 24.8 Å². The molecule has 1 aromatic rings. The number of hydrogen-bond donors (Lipinski definition) is 2. The van der Waals surface area contributed by atoms with Gasteiger partial charge in [-0.25, -0.2) is 13.6 Å². The summed E-state index contributed by atoms with van der Waals surface area (Å²) in [6.07, 6.45) is 0. The van der Waals surface area contributed by atoms with Gasteiger partial charge in [-0.3, -0.25) is 4.79 Å². The predicted molar refractivity (Wildman–Crippen MR) is 83.4 cm³/mol. The molecule has 0 aliphatic heterocycles. The number of primary sulfonamides is 1. The van der Waals surface area contributed by atoms with E-state index in [0.29, 0.717) is 17.0 Å². The van der Waals surface area contributed by atoms with E-state index in [1.54, 1.807) is 19.1 Å². The van der Waals surface area contributed by atoms with Crippen LogP contribution in [0.25, 0.3) is 0 Å². The molecule has 0 heterocycles. The van der Waals surface area contributed by atoms with Crippen LogP contribution in [0.2, 0.25) is 0 Å². The van der Waals surface area contributed by atoms with E-state index in [4.69, 9.17) is 5.14 Å². The van der Waals surface area contributed by atoms with Gasteiger partial charge in [-0.05, 0) is 24.6 Å². The largest absolute Gasteiger partial charge is 0.325 e. The molecule has 0 bridgehead atoms. The van der Waals surface area contributed by atoms with Crippen LogP contribution in [0.5, 0.6) is 0 Å². The number of nitrogens with one attached hydrogen (secondary N) is 1. The van der Waals surface area contributed by atoms with E-state index >= 15 is 0 Å². The Kier molecular flexibility index (Phi) is 5.23. The van der Waals surface area contributed by atoms with Gasteiger partial charge in [0, 0.05) is 10.4 Å². The molecule has 5 nitrogen and oxygen atoms in total. The molecule has 0 radical (unpaired) electrons. The highest BCUT2D eigenvalue weighted by molar-refractivity contribution is 8.01. The first kappa shape index (κ1) is 17.0. The quantitative estimate of drug-likeness (QED) is 0.890. The molecule has 0 aliphatic carbocycles. The molecule has 0 fully saturated rings. The van der Waals surface area contributed by atoms with Crippen LogP contribution in [0.3, 0.4) is 0 Å². The number of benzene rings is 1. The highest BCUT2D eigenvalue weighted by atomic mass is 32.2. The molecule has 0 spiro atoms. The van der Waals surface area contributed by atoms with Crippen molar-refractivity contribution in [2.75, 3.05) is 11.1 Å². The van der Waals surface area contributed by atoms with Gasteiger partial charge < -0.3 is 5.32 Å². The van der Waals surface area contributed by atoms with E-state index in [0.717, 1.165) is 0 Å². The summed E-state index contributed by atoms with van der Waals surface area (Å²) in [6.45, 7) is 7.72. The molecular weight excluding hydrogens is 296 g/mol. The number of sulfonamides is 1. The van der Waals surface area contributed by atoms with Crippen molar-refractivity contribution >= 4 is 33.4 Å². The van der Waals surface area contributed by atoms with E-state index in [9.17, 15) is 13.2 Å². The van der Waals surface area contributed by atoms with Crippen molar-refractivity contribution in [1.29, 1.82) is 0 Å². The third-order valence-corrected chi connectivity index (χ3v) is 4.74. The van der Waals surface area contributed by atoms with E-state index in [1.165, 1.54) is 17.8 Å². The molecule has 3 N–H and O–H groups in total. The average Bonchev–Trinajstić information content (AvgIpc) is 2.27. The van der Waals surface area contributed by atoms with Crippen LogP contribution in [-0.2, 0) is 14.8 Å². The lowest BCUT2D eigenvalue weighted by Crippen LogP contribution is -2.19. The van der Waals surface area contributed by atoms with E-state index < -0.39 is 10.0 Å². The zero-order chi connectivity index (χ0) is 15.6. The third kappa shape index (κ3) is 5.52. The minimum absolute atomic E-state index is 0.00360. The lowest BCUT2D eigenvalue weighted by atomic mass is 10.2. The Morgan fingerprint density at radius 1 is 1.35 bits per heavy atom. The summed E-state index contributed by atoms with van der Waals surface area (Å²) in [6, 6.07) is 4.65. The van der Waals surface area contributed by atoms with Crippen LogP contribution in [0.4, 0.5) is 5.69 Å². The van der Waals surface area contributed by atoms with Gasteiger partial charge in [0.25, 0.3) is 0 Å². The van der Waals surface area contributed by atoms with Crippen LogP contribution >= 0.6 is 11.8 Å². The fraction of sp³-hybridized carbons (Fsp3) is 0.462. The first-order valence-electron chi connectivity index (χ1n) is 6.06. The van der Waals surface area contributed by atoms with Gasteiger partial charge in [-0.2, -0.15) is 0 Å². The van der Waals surface area contributed by atoms with Crippen molar-refractivity contribution in [2.24, 2.45) is 5.14 Å². The number of hydrogen-bond acceptors (Lipinski definition) is 4. The van der Waals surface area contributed by atoms with Crippen molar-refractivity contribution in [3.63, 3.8) is 0 Å². The first-order chi connectivity index (χ1) is 8.99. The average molecular weight is 316 g/mol. The van der Waals surface area contributed by atoms with Crippen molar-refractivity contribution in [1.82, 2.24) is 0 Å². The Bertz CT molecular complexity index is 605. The van der Waals surface area contributed by atoms with Crippen LogP contribution in [0.15, 0.2) is 23.1 Å². The maximum absolute atomic E-state index is 11.8. The third-order valence-electron chi connectivity index (χ3n) is 2.41. The summed E-state index contributed by atoms with van der Waals surface area (Å²) in [4.78, 5) is 11.8. The Balaban J connectivity index is 2.82. The minimum atomic E-state index is -3.78.